The number of nitrogen functional groups attached to an aromatic ring is 1. The van der Waals surface area contributed by atoms with Crippen molar-refractivity contribution < 1.29 is 14.6 Å². The second kappa shape index (κ2) is 5.82. The Hall–Kier alpha value is -2.39. The van der Waals surface area contributed by atoms with Crippen LogP contribution >= 0.6 is 0 Å². The summed E-state index contributed by atoms with van der Waals surface area (Å²) >= 11 is 0. The van der Waals surface area contributed by atoms with Crippen LogP contribution in [-0.4, -0.2) is 45.1 Å². The summed E-state index contributed by atoms with van der Waals surface area (Å²) in [7, 11) is 0. The third-order valence-electron chi connectivity index (χ3n) is 5.34. The molecule has 2 heterocycles. The van der Waals surface area contributed by atoms with Crippen LogP contribution in [0.2, 0.25) is 0 Å². The number of anilines is 2. The fourth-order valence-electron chi connectivity index (χ4n) is 3.86. The number of aromatic nitrogens is 2. The second-order valence-corrected chi connectivity index (χ2v) is 7.15. The Bertz CT molecular complexity index is 1010. The van der Waals surface area contributed by atoms with Crippen molar-refractivity contribution in [3.05, 3.63) is 32.2 Å². The molecule has 0 spiro atoms. The summed E-state index contributed by atoms with van der Waals surface area (Å²) < 4.78 is 16.6. The molecule has 1 aliphatic carbocycles. The van der Waals surface area contributed by atoms with E-state index in [0.29, 0.717) is 17.6 Å². The minimum Gasteiger partial charge on any atom is -0.396 e. The third kappa shape index (κ3) is 2.42. The van der Waals surface area contributed by atoms with Gasteiger partial charge < -0.3 is 20.8 Å². The van der Waals surface area contributed by atoms with E-state index in [1.165, 1.54) is 4.57 Å². The first-order chi connectivity index (χ1) is 12.3. The number of aromatic amines is 1. The van der Waals surface area contributed by atoms with Crippen LogP contribution in [-0.2, 0) is 0 Å². The van der Waals surface area contributed by atoms with Gasteiger partial charge in [0.05, 0.1) is 34.5 Å². The molecule has 4 rings (SSSR count). The molecular formula is C17H21FN4O4. The maximum atomic E-state index is 15.1. The number of benzene rings is 1. The highest BCUT2D eigenvalue weighted by Gasteiger charge is 2.33. The zero-order chi connectivity index (χ0) is 18.7. The van der Waals surface area contributed by atoms with E-state index in [-0.39, 0.29) is 35.8 Å². The van der Waals surface area contributed by atoms with Gasteiger partial charge in [-0.05, 0) is 26.2 Å². The average Bonchev–Trinajstić information content (AvgIpc) is 3.40. The lowest BCUT2D eigenvalue weighted by molar-refractivity contribution is 0.00788. The predicted molar refractivity (Wildman–Crippen MR) is 95.1 cm³/mol. The van der Waals surface area contributed by atoms with Crippen LogP contribution in [0.4, 0.5) is 15.8 Å². The van der Waals surface area contributed by atoms with E-state index >= 15 is 4.39 Å². The van der Waals surface area contributed by atoms with E-state index in [4.69, 9.17) is 5.73 Å². The number of hydrogen-bond acceptors (Lipinski definition) is 6. The Kier molecular flexibility index (Phi) is 3.81. The highest BCUT2D eigenvalue weighted by Crippen LogP contribution is 2.40. The van der Waals surface area contributed by atoms with Crippen molar-refractivity contribution in [2.24, 2.45) is 0 Å². The Morgan fingerprint density at radius 3 is 2.50 bits per heavy atom. The molecule has 9 heteroatoms. The molecule has 2 atom stereocenters. The lowest BCUT2D eigenvalue weighted by Gasteiger charge is -2.36. The monoisotopic (exact) mass is 364 g/mol. The smallest absolute Gasteiger partial charge is 0.329 e. The number of piperidine rings is 1. The second-order valence-electron chi connectivity index (χ2n) is 7.15. The van der Waals surface area contributed by atoms with E-state index < -0.39 is 29.3 Å². The Labute approximate surface area is 147 Å². The number of aryl methyl sites for hydroxylation is 1. The number of nitrogens with one attached hydrogen (secondary N) is 1. The summed E-state index contributed by atoms with van der Waals surface area (Å²) in [6.07, 6.45) is 0.0240. The number of hydrogen-bond donors (Lipinski definition) is 4. The van der Waals surface area contributed by atoms with Gasteiger partial charge in [-0.1, -0.05) is 0 Å². The summed E-state index contributed by atoms with van der Waals surface area (Å²) in [5, 5.41) is 19.7. The molecule has 0 radical (unpaired) electrons. The molecule has 2 unspecified atom stereocenters. The highest BCUT2D eigenvalue weighted by molar-refractivity contribution is 5.97. The third-order valence-corrected chi connectivity index (χ3v) is 5.34. The van der Waals surface area contributed by atoms with Crippen LogP contribution in [0, 0.1) is 12.7 Å². The molecule has 8 nitrogen and oxygen atoms in total. The summed E-state index contributed by atoms with van der Waals surface area (Å²) in [5.41, 5.74) is 5.35. The summed E-state index contributed by atoms with van der Waals surface area (Å²) in [5.74, 6) is -0.745. The van der Waals surface area contributed by atoms with E-state index in [0.717, 1.165) is 12.8 Å². The van der Waals surface area contributed by atoms with Crippen molar-refractivity contribution in [1.82, 2.24) is 9.55 Å². The standard InChI is InChI=1S/C17H21FN4O4/c1-7-14-11(16(25)20-17(26)22(14)8-2-3-8)13(19)12(18)15(7)21-5-4-9(23)10(24)6-21/h8-10,23-24H,2-6,19H2,1H3,(H,20,25,26). The molecular weight excluding hydrogens is 343 g/mol. The Morgan fingerprint density at radius 2 is 1.88 bits per heavy atom. The van der Waals surface area contributed by atoms with Gasteiger partial charge in [0.1, 0.15) is 0 Å². The first kappa shape index (κ1) is 17.0. The topological polar surface area (TPSA) is 125 Å². The van der Waals surface area contributed by atoms with E-state index in [9.17, 15) is 19.8 Å². The fraction of sp³-hybridized carbons (Fsp3) is 0.529. The molecule has 2 fully saturated rings. The minimum absolute atomic E-state index is 0.0205. The largest absolute Gasteiger partial charge is 0.396 e. The van der Waals surface area contributed by atoms with Crippen LogP contribution in [0.3, 0.4) is 0 Å². The molecule has 2 aliphatic rings. The summed E-state index contributed by atoms with van der Waals surface area (Å²) in [6.45, 7) is 2.02. The molecule has 2 aromatic rings. The number of nitrogens with two attached hydrogens (primary N) is 1. The van der Waals surface area contributed by atoms with E-state index in [1.807, 2.05) is 0 Å². The molecule has 26 heavy (non-hydrogen) atoms. The maximum absolute atomic E-state index is 15.1. The van der Waals surface area contributed by atoms with E-state index in [2.05, 4.69) is 4.98 Å². The van der Waals surface area contributed by atoms with Crippen LogP contribution < -0.4 is 21.9 Å². The van der Waals surface area contributed by atoms with Gasteiger partial charge in [0.25, 0.3) is 5.56 Å². The quantitative estimate of drug-likeness (QED) is 0.556. The van der Waals surface area contributed by atoms with Crippen LogP contribution in [0.25, 0.3) is 10.9 Å². The SMILES string of the molecule is Cc1c(N2CCC(O)C(O)C2)c(F)c(N)c2c(=O)[nH]c(=O)n(C3CC3)c12. The predicted octanol–water partition coefficient (Wildman–Crippen LogP) is -0.0137. The lowest BCUT2D eigenvalue weighted by atomic mass is 10.0. The van der Waals surface area contributed by atoms with Gasteiger partial charge in [0, 0.05) is 24.7 Å². The fourth-order valence-corrected chi connectivity index (χ4v) is 3.86. The number of nitrogens with zero attached hydrogens (tertiary/aromatic N) is 2. The molecule has 1 aliphatic heterocycles. The number of halogens is 1. The molecule has 1 saturated carbocycles. The van der Waals surface area contributed by atoms with Crippen molar-refractivity contribution >= 4 is 22.3 Å². The zero-order valence-corrected chi connectivity index (χ0v) is 14.3. The van der Waals surface area contributed by atoms with Gasteiger partial charge in [-0.2, -0.15) is 0 Å². The van der Waals surface area contributed by atoms with Crippen LogP contribution in [0.1, 0.15) is 30.9 Å². The Balaban J connectivity index is 2.02. The first-order valence-electron chi connectivity index (χ1n) is 8.68. The van der Waals surface area contributed by atoms with Crippen molar-refractivity contribution in [2.45, 2.75) is 44.4 Å². The first-order valence-corrected chi connectivity index (χ1v) is 8.68. The number of H-pyrrole nitrogens is 1. The normalized spacial score (nSPS) is 23.6. The molecule has 1 saturated heterocycles. The molecule has 1 aromatic heterocycles. The Morgan fingerprint density at radius 1 is 1.19 bits per heavy atom. The number of β-amino-alcohol motifs (C(OH)–C–C–N with tert-alkyl or cyclic N) is 1. The number of rotatable bonds is 2. The van der Waals surface area contributed by atoms with Crippen molar-refractivity contribution in [3.63, 3.8) is 0 Å². The van der Waals surface area contributed by atoms with Crippen molar-refractivity contribution in [1.29, 1.82) is 0 Å². The zero-order valence-electron chi connectivity index (χ0n) is 14.3. The number of fused-ring (bicyclic) bond motifs is 1. The van der Waals surface area contributed by atoms with Crippen LogP contribution in [0.5, 0.6) is 0 Å². The van der Waals surface area contributed by atoms with Crippen LogP contribution in [0.15, 0.2) is 9.59 Å². The summed E-state index contributed by atoms with van der Waals surface area (Å²) in [6, 6.07) is -0.0352. The van der Waals surface area contributed by atoms with Gasteiger partial charge >= 0.3 is 5.69 Å². The van der Waals surface area contributed by atoms with E-state index in [1.54, 1.807) is 11.8 Å². The van der Waals surface area contributed by atoms with Gasteiger partial charge in [-0.3, -0.25) is 14.3 Å². The van der Waals surface area contributed by atoms with Crippen molar-refractivity contribution in [2.75, 3.05) is 23.7 Å². The molecule has 5 N–H and O–H groups in total. The number of aliphatic hydroxyl groups excluding tert-OH is 2. The van der Waals surface area contributed by atoms with Gasteiger partial charge in [0.2, 0.25) is 0 Å². The molecule has 0 bridgehead atoms. The molecule has 0 amide bonds. The molecule has 1 aromatic carbocycles. The average molecular weight is 364 g/mol. The van der Waals surface area contributed by atoms with Gasteiger partial charge in [-0.25, -0.2) is 9.18 Å². The minimum atomic E-state index is -1.01. The van der Waals surface area contributed by atoms with Crippen molar-refractivity contribution in [3.8, 4) is 0 Å². The lowest BCUT2D eigenvalue weighted by Crippen LogP contribution is -2.47. The number of aliphatic hydroxyl groups is 2. The maximum Gasteiger partial charge on any atom is 0.329 e. The van der Waals surface area contributed by atoms with Gasteiger partial charge in [-0.15, -0.1) is 0 Å². The highest BCUT2D eigenvalue weighted by atomic mass is 19.1. The molecule has 140 valence electrons. The summed E-state index contributed by atoms with van der Waals surface area (Å²) in [4.78, 5) is 28.5. The van der Waals surface area contributed by atoms with Gasteiger partial charge in [0.15, 0.2) is 5.82 Å².